The predicted octanol–water partition coefficient (Wildman–Crippen LogP) is 4.19. The SMILES string of the molecule is CCCC[C@@H](O)c1cccc(OCc2ccccc2C(=O)O)c1. The van der Waals surface area contributed by atoms with Crippen molar-refractivity contribution in [3.8, 4) is 5.75 Å². The molecule has 0 spiro atoms. The molecule has 122 valence electrons. The summed E-state index contributed by atoms with van der Waals surface area (Å²) >= 11 is 0. The highest BCUT2D eigenvalue weighted by molar-refractivity contribution is 5.89. The Balaban J connectivity index is 2.05. The van der Waals surface area contributed by atoms with Crippen LogP contribution in [0.5, 0.6) is 5.75 Å². The fourth-order valence-electron chi connectivity index (χ4n) is 2.39. The van der Waals surface area contributed by atoms with E-state index < -0.39 is 12.1 Å². The lowest BCUT2D eigenvalue weighted by atomic mass is 10.0. The van der Waals surface area contributed by atoms with Crippen LogP contribution in [-0.4, -0.2) is 16.2 Å². The van der Waals surface area contributed by atoms with Gasteiger partial charge in [-0.15, -0.1) is 0 Å². The molecule has 0 aliphatic rings. The van der Waals surface area contributed by atoms with Crippen molar-refractivity contribution in [2.75, 3.05) is 0 Å². The molecule has 0 aliphatic heterocycles. The number of rotatable bonds is 8. The number of aromatic carboxylic acids is 1. The van der Waals surface area contributed by atoms with Gasteiger partial charge in [-0.1, -0.05) is 50.1 Å². The number of carbonyl (C=O) groups is 1. The van der Waals surface area contributed by atoms with Gasteiger partial charge in [-0.05, 0) is 30.2 Å². The highest BCUT2D eigenvalue weighted by Gasteiger charge is 2.11. The minimum atomic E-state index is -0.965. The molecule has 4 heteroatoms. The minimum absolute atomic E-state index is 0.178. The average Bonchev–Trinajstić information content (AvgIpc) is 2.58. The largest absolute Gasteiger partial charge is 0.489 e. The quantitative estimate of drug-likeness (QED) is 0.767. The Morgan fingerprint density at radius 2 is 1.96 bits per heavy atom. The van der Waals surface area contributed by atoms with Crippen LogP contribution in [0.3, 0.4) is 0 Å². The van der Waals surface area contributed by atoms with Gasteiger partial charge in [-0.3, -0.25) is 0 Å². The Morgan fingerprint density at radius 3 is 2.70 bits per heavy atom. The molecular formula is C19H22O4. The molecule has 0 saturated carbocycles. The van der Waals surface area contributed by atoms with Crippen LogP contribution in [0, 0.1) is 0 Å². The fraction of sp³-hybridized carbons (Fsp3) is 0.316. The second-order valence-corrected chi connectivity index (χ2v) is 5.48. The van der Waals surface area contributed by atoms with Crippen molar-refractivity contribution >= 4 is 5.97 Å². The molecule has 0 heterocycles. The van der Waals surface area contributed by atoms with E-state index in [9.17, 15) is 15.0 Å². The number of hydrogen-bond donors (Lipinski definition) is 2. The molecule has 2 N–H and O–H groups in total. The van der Waals surface area contributed by atoms with Gasteiger partial charge in [0.15, 0.2) is 0 Å². The number of unbranched alkanes of at least 4 members (excludes halogenated alkanes) is 1. The number of hydrogen-bond acceptors (Lipinski definition) is 3. The molecule has 0 aromatic heterocycles. The maximum absolute atomic E-state index is 11.2. The standard InChI is InChI=1S/C19H22O4/c1-2-3-11-18(20)14-8-6-9-16(12-14)23-13-15-7-4-5-10-17(15)19(21)22/h4-10,12,18,20H,2-3,11,13H2,1H3,(H,21,22)/t18-/m1/s1. The van der Waals surface area contributed by atoms with Gasteiger partial charge in [0.05, 0.1) is 11.7 Å². The van der Waals surface area contributed by atoms with E-state index in [-0.39, 0.29) is 12.2 Å². The molecule has 0 saturated heterocycles. The van der Waals surface area contributed by atoms with Crippen molar-refractivity contribution in [3.05, 3.63) is 65.2 Å². The van der Waals surface area contributed by atoms with E-state index in [0.29, 0.717) is 11.3 Å². The summed E-state index contributed by atoms with van der Waals surface area (Å²) in [6.07, 6.45) is 2.24. The van der Waals surface area contributed by atoms with Gasteiger partial charge in [0, 0.05) is 5.56 Å². The number of aliphatic hydroxyl groups excluding tert-OH is 1. The van der Waals surface area contributed by atoms with Crippen LogP contribution >= 0.6 is 0 Å². The summed E-state index contributed by atoms with van der Waals surface area (Å²) in [4.78, 5) is 11.2. The van der Waals surface area contributed by atoms with Crippen molar-refractivity contribution in [2.24, 2.45) is 0 Å². The molecule has 23 heavy (non-hydrogen) atoms. The first-order valence-corrected chi connectivity index (χ1v) is 7.84. The summed E-state index contributed by atoms with van der Waals surface area (Å²) in [5.74, 6) is -0.342. The Labute approximate surface area is 136 Å². The van der Waals surface area contributed by atoms with Gasteiger partial charge in [0.1, 0.15) is 12.4 Å². The molecule has 0 radical (unpaired) electrons. The lowest BCUT2D eigenvalue weighted by Gasteiger charge is -2.13. The topological polar surface area (TPSA) is 66.8 Å². The molecule has 0 fully saturated rings. The van der Waals surface area contributed by atoms with Gasteiger partial charge < -0.3 is 14.9 Å². The van der Waals surface area contributed by atoms with E-state index in [1.165, 1.54) is 0 Å². The Morgan fingerprint density at radius 1 is 1.17 bits per heavy atom. The van der Waals surface area contributed by atoms with Crippen molar-refractivity contribution in [1.82, 2.24) is 0 Å². The van der Waals surface area contributed by atoms with E-state index in [0.717, 1.165) is 24.8 Å². The van der Waals surface area contributed by atoms with Crippen LogP contribution in [0.15, 0.2) is 48.5 Å². The minimum Gasteiger partial charge on any atom is -0.489 e. The molecular weight excluding hydrogens is 292 g/mol. The fourth-order valence-corrected chi connectivity index (χ4v) is 2.39. The van der Waals surface area contributed by atoms with Crippen LogP contribution in [-0.2, 0) is 6.61 Å². The normalized spacial score (nSPS) is 11.9. The summed E-state index contributed by atoms with van der Waals surface area (Å²) in [6, 6.07) is 14.1. The number of benzene rings is 2. The van der Waals surface area contributed by atoms with Gasteiger partial charge in [0.2, 0.25) is 0 Å². The molecule has 2 rings (SSSR count). The van der Waals surface area contributed by atoms with Crippen LogP contribution in [0.4, 0.5) is 0 Å². The molecule has 1 atom stereocenters. The monoisotopic (exact) mass is 314 g/mol. The average molecular weight is 314 g/mol. The van der Waals surface area contributed by atoms with Crippen molar-refractivity contribution in [2.45, 2.75) is 38.9 Å². The van der Waals surface area contributed by atoms with Crippen molar-refractivity contribution in [3.63, 3.8) is 0 Å². The number of ether oxygens (including phenoxy) is 1. The lowest BCUT2D eigenvalue weighted by molar-refractivity contribution is 0.0694. The summed E-state index contributed by atoms with van der Waals surface area (Å²) in [5.41, 5.74) is 1.69. The van der Waals surface area contributed by atoms with Gasteiger partial charge in [0.25, 0.3) is 0 Å². The molecule has 0 unspecified atom stereocenters. The molecule has 0 aliphatic carbocycles. The van der Waals surface area contributed by atoms with E-state index >= 15 is 0 Å². The summed E-state index contributed by atoms with van der Waals surface area (Å²) < 4.78 is 5.70. The second-order valence-electron chi connectivity index (χ2n) is 5.48. The molecule has 2 aromatic carbocycles. The highest BCUT2D eigenvalue weighted by atomic mass is 16.5. The first-order chi connectivity index (χ1) is 11.1. The number of carboxylic acids is 1. The van der Waals surface area contributed by atoms with E-state index in [1.54, 1.807) is 30.3 Å². The molecule has 2 aromatic rings. The molecule has 0 amide bonds. The van der Waals surface area contributed by atoms with Gasteiger partial charge >= 0.3 is 5.97 Å². The number of aliphatic hydroxyl groups is 1. The van der Waals surface area contributed by atoms with Crippen molar-refractivity contribution in [1.29, 1.82) is 0 Å². The predicted molar refractivity (Wildman–Crippen MR) is 88.7 cm³/mol. The first-order valence-electron chi connectivity index (χ1n) is 7.84. The Kier molecular flexibility index (Phi) is 6.18. The zero-order chi connectivity index (χ0) is 16.7. The third kappa shape index (κ3) is 4.83. The zero-order valence-corrected chi connectivity index (χ0v) is 13.2. The third-order valence-corrected chi connectivity index (χ3v) is 3.72. The zero-order valence-electron chi connectivity index (χ0n) is 13.2. The maximum atomic E-state index is 11.2. The molecule has 0 bridgehead atoms. The van der Waals surface area contributed by atoms with E-state index in [1.807, 2.05) is 18.2 Å². The van der Waals surface area contributed by atoms with Gasteiger partial charge in [-0.25, -0.2) is 4.79 Å². The van der Waals surface area contributed by atoms with Crippen LogP contribution in [0.1, 0.15) is 53.8 Å². The van der Waals surface area contributed by atoms with E-state index in [2.05, 4.69) is 6.92 Å². The van der Waals surface area contributed by atoms with E-state index in [4.69, 9.17) is 4.74 Å². The smallest absolute Gasteiger partial charge is 0.336 e. The summed E-state index contributed by atoms with van der Waals surface area (Å²) in [7, 11) is 0. The van der Waals surface area contributed by atoms with Crippen molar-refractivity contribution < 1.29 is 19.7 Å². The first kappa shape index (κ1) is 17.0. The summed E-state index contributed by atoms with van der Waals surface area (Å²) in [5, 5.41) is 19.3. The van der Waals surface area contributed by atoms with Crippen LogP contribution in [0.25, 0.3) is 0 Å². The summed E-state index contributed by atoms with van der Waals surface area (Å²) in [6.45, 7) is 2.27. The number of carboxylic acid groups (broad SMARTS) is 1. The van der Waals surface area contributed by atoms with Crippen LogP contribution in [0.2, 0.25) is 0 Å². The molecule has 4 nitrogen and oxygen atoms in total. The second kappa shape index (κ2) is 8.34. The Bertz CT molecular complexity index is 651. The highest BCUT2D eigenvalue weighted by Crippen LogP contribution is 2.24. The van der Waals surface area contributed by atoms with Gasteiger partial charge in [-0.2, -0.15) is 0 Å². The maximum Gasteiger partial charge on any atom is 0.336 e. The lowest BCUT2D eigenvalue weighted by Crippen LogP contribution is -2.05. The van der Waals surface area contributed by atoms with Crippen LogP contribution < -0.4 is 4.74 Å². The third-order valence-electron chi connectivity index (χ3n) is 3.72. The Hall–Kier alpha value is -2.33.